The van der Waals surface area contributed by atoms with Crippen molar-refractivity contribution in [3.8, 4) is 28.7 Å². The Hall–Kier alpha value is -4.32. The number of para-hydroxylation sites is 2. The third kappa shape index (κ3) is 2.58. The molecule has 3 aromatic heterocycles. The van der Waals surface area contributed by atoms with Gasteiger partial charge in [0.2, 0.25) is 11.7 Å². The van der Waals surface area contributed by atoms with Crippen LogP contribution in [0.3, 0.4) is 0 Å². The van der Waals surface area contributed by atoms with E-state index in [1.165, 1.54) is 0 Å². The predicted octanol–water partition coefficient (Wildman–Crippen LogP) is 4.80. The van der Waals surface area contributed by atoms with E-state index in [1.807, 2.05) is 88.0 Å². The average Bonchev–Trinajstić information content (AvgIpc) is 3.41. The summed E-state index contributed by atoms with van der Waals surface area (Å²) in [5.74, 6) is 2.56. The summed E-state index contributed by atoms with van der Waals surface area (Å²) in [4.78, 5) is 19.0. The van der Waals surface area contributed by atoms with Gasteiger partial charge in [-0.3, -0.25) is 4.40 Å². The molecule has 0 atom stereocenters. The zero-order valence-electron chi connectivity index (χ0n) is 15.9. The molecule has 6 nitrogen and oxygen atoms in total. The first kappa shape index (κ1) is 16.6. The van der Waals surface area contributed by atoms with E-state index in [2.05, 4.69) is 17.1 Å². The van der Waals surface area contributed by atoms with Gasteiger partial charge in [0.15, 0.2) is 11.6 Å². The standard InChI is InChI=1S/C24H16N6/c1-3-9-17(10-4-1)21-26-22(18-11-5-2-6-12-18)28-23(27-21)30-20-14-8-7-13-19(20)29-16-15-25-24(29)30/h1-16H. The number of fused-ring (bicyclic) bond motifs is 3. The minimum atomic E-state index is 0.542. The Bertz CT molecular complexity index is 1420. The van der Waals surface area contributed by atoms with E-state index in [1.54, 1.807) is 6.20 Å². The first-order valence-electron chi connectivity index (χ1n) is 9.68. The van der Waals surface area contributed by atoms with E-state index in [0.717, 1.165) is 27.9 Å². The Kier molecular flexibility index (Phi) is 3.67. The van der Waals surface area contributed by atoms with Crippen LogP contribution >= 0.6 is 0 Å². The van der Waals surface area contributed by atoms with Crippen LogP contribution in [0.5, 0.6) is 0 Å². The van der Waals surface area contributed by atoms with Crippen molar-refractivity contribution in [3.63, 3.8) is 0 Å². The van der Waals surface area contributed by atoms with E-state index >= 15 is 0 Å². The molecule has 0 aliphatic heterocycles. The van der Waals surface area contributed by atoms with Gasteiger partial charge in [-0.15, -0.1) is 0 Å². The summed E-state index contributed by atoms with van der Waals surface area (Å²) in [7, 11) is 0. The van der Waals surface area contributed by atoms with Crippen molar-refractivity contribution in [2.75, 3.05) is 0 Å². The lowest BCUT2D eigenvalue weighted by Crippen LogP contribution is -2.06. The third-order valence-electron chi connectivity index (χ3n) is 5.09. The molecule has 0 saturated carbocycles. The average molecular weight is 388 g/mol. The SMILES string of the molecule is c1ccc(-c2nc(-c3ccccc3)nc(-n3c4ccccc4n4ccnc34)n2)cc1. The molecule has 0 amide bonds. The van der Waals surface area contributed by atoms with Gasteiger partial charge in [0.1, 0.15) is 0 Å². The van der Waals surface area contributed by atoms with Crippen LogP contribution in [0.1, 0.15) is 0 Å². The highest BCUT2D eigenvalue weighted by Crippen LogP contribution is 2.26. The molecule has 0 N–H and O–H groups in total. The summed E-state index contributed by atoms with van der Waals surface area (Å²) in [6.45, 7) is 0. The highest BCUT2D eigenvalue weighted by molar-refractivity contribution is 5.82. The number of benzene rings is 3. The fourth-order valence-corrected chi connectivity index (χ4v) is 3.71. The molecule has 6 heteroatoms. The lowest BCUT2D eigenvalue weighted by atomic mass is 10.2. The van der Waals surface area contributed by atoms with Crippen molar-refractivity contribution in [1.29, 1.82) is 0 Å². The Labute approximate surface area is 172 Å². The van der Waals surface area contributed by atoms with Gasteiger partial charge in [0.05, 0.1) is 11.0 Å². The summed E-state index contributed by atoms with van der Waals surface area (Å²) in [5.41, 5.74) is 3.92. The number of hydrogen-bond donors (Lipinski definition) is 0. The molecule has 6 rings (SSSR count). The van der Waals surface area contributed by atoms with Crippen LogP contribution in [0.15, 0.2) is 97.3 Å². The maximum absolute atomic E-state index is 4.84. The summed E-state index contributed by atoms with van der Waals surface area (Å²) in [6.07, 6.45) is 3.74. The van der Waals surface area contributed by atoms with Crippen LogP contribution in [0.25, 0.3) is 45.5 Å². The third-order valence-corrected chi connectivity index (χ3v) is 5.09. The number of rotatable bonds is 3. The lowest BCUT2D eigenvalue weighted by molar-refractivity contribution is 0.935. The Balaban J connectivity index is 1.68. The first-order chi connectivity index (χ1) is 14.9. The number of hydrogen-bond acceptors (Lipinski definition) is 4. The fourth-order valence-electron chi connectivity index (χ4n) is 3.71. The van der Waals surface area contributed by atoms with Crippen LogP contribution in [0.4, 0.5) is 0 Å². The van der Waals surface area contributed by atoms with Crippen molar-refractivity contribution >= 4 is 16.8 Å². The van der Waals surface area contributed by atoms with E-state index in [4.69, 9.17) is 15.0 Å². The van der Waals surface area contributed by atoms with Gasteiger partial charge < -0.3 is 0 Å². The van der Waals surface area contributed by atoms with E-state index in [-0.39, 0.29) is 0 Å². The largest absolute Gasteiger partial charge is 0.283 e. The minimum absolute atomic E-state index is 0.542. The molecule has 0 fully saturated rings. The maximum Gasteiger partial charge on any atom is 0.241 e. The quantitative estimate of drug-likeness (QED) is 0.437. The van der Waals surface area contributed by atoms with Crippen molar-refractivity contribution in [3.05, 3.63) is 97.3 Å². The van der Waals surface area contributed by atoms with Crippen LogP contribution in [0, 0.1) is 0 Å². The number of nitrogens with zero attached hydrogens (tertiary/aromatic N) is 6. The molecule has 0 saturated heterocycles. The minimum Gasteiger partial charge on any atom is -0.283 e. The van der Waals surface area contributed by atoms with Crippen molar-refractivity contribution < 1.29 is 0 Å². The smallest absolute Gasteiger partial charge is 0.241 e. The second-order valence-electron chi connectivity index (χ2n) is 6.94. The predicted molar refractivity (Wildman–Crippen MR) is 116 cm³/mol. The molecule has 0 spiro atoms. The van der Waals surface area contributed by atoms with Crippen molar-refractivity contribution in [2.24, 2.45) is 0 Å². The molecule has 0 aliphatic carbocycles. The van der Waals surface area contributed by atoms with Gasteiger partial charge in [-0.25, -0.2) is 14.5 Å². The van der Waals surface area contributed by atoms with Crippen molar-refractivity contribution in [1.82, 2.24) is 28.9 Å². The normalized spacial score (nSPS) is 11.3. The van der Waals surface area contributed by atoms with E-state index in [0.29, 0.717) is 17.6 Å². The topological polar surface area (TPSA) is 60.9 Å². The molecule has 0 unspecified atom stereocenters. The molecular weight excluding hydrogens is 372 g/mol. The number of aromatic nitrogens is 6. The van der Waals surface area contributed by atoms with Crippen LogP contribution in [0.2, 0.25) is 0 Å². The Morgan fingerprint density at radius 1 is 0.567 bits per heavy atom. The molecule has 3 aromatic carbocycles. The van der Waals surface area contributed by atoms with Crippen LogP contribution in [-0.2, 0) is 0 Å². The molecule has 6 aromatic rings. The molecule has 0 radical (unpaired) electrons. The van der Waals surface area contributed by atoms with E-state index in [9.17, 15) is 0 Å². The number of imidazole rings is 2. The molecule has 142 valence electrons. The summed E-state index contributed by atoms with van der Waals surface area (Å²) in [5, 5.41) is 0. The molecule has 30 heavy (non-hydrogen) atoms. The maximum atomic E-state index is 4.84. The summed E-state index contributed by atoms with van der Waals surface area (Å²) in [6, 6.07) is 28.1. The highest BCUT2D eigenvalue weighted by atomic mass is 15.3. The second-order valence-corrected chi connectivity index (χ2v) is 6.94. The first-order valence-corrected chi connectivity index (χ1v) is 9.68. The molecular formula is C24H16N6. The lowest BCUT2D eigenvalue weighted by Gasteiger charge is -2.09. The van der Waals surface area contributed by atoms with Gasteiger partial charge in [0, 0.05) is 23.5 Å². The van der Waals surface area contributed by atoms with E-state index < -0.39 is 0 Å². The highest BCUT2D eigenvalue weighted by Gasteiger charge is 2.18. The molecule has 0 bridgehead atoms. The van der Waals surface area contributed by atoms with Gasteiger partial charge in [-0.1, -0.05) is 72.8 Å². The second kappa shape index (κ2) is 6.63. The zero-order valence-corrected chi connectivity index (χ0v) is 15.9. The summed E-state index contributed by atoms with van der Waals surface area (Å²) < 4.78 is 4.03. The Morgan fingerprint density at radius 2 is 1.13 bits per heavy atom. The van der Waals surface area contributed by atoms with Crippen molar-refractivity contribution in [2.45, 2.75) is 0 Å². The van der Waals surface area contributed by atoms with Gasteiger partial charge in [-0.05, 0) is 12.1 Å². The molecule has 3 heterocycles. The Morgan fingerprint density at radius 3 is 1.77 bits per heavy atom. The monoisotopic (exact) mass is 388 g/mol. The van der Waals surface area contributed by atoms with Crippen LogP contribution in [-0.4, -0.2) is 28.9 Å². The van der Waals surface area contributed by atoms with Crippen LogP contribution < -0.4 is 0 Å². The zero-order chi connectivity index (χ0) is 19.9. The molecule has 0 aliphatic rings. The van der Waals surface area contributed by atoms with Gasteiger partial charge in [0.25, 0.3) is 0 Å². The van der Waals surface area contributed by atoms with Gasteiger partial charge >= 0.3 is 0 Å². The fraction of sp³-hybridized carbons (Fsp3) is 0. The summed E-state index contributed by atoms with van der Waals surface area (Å²) >= 11 is 0. The van der Waals surface area contributed by atoms with Gasteiger partial charge in [-0.2, -0.15) is 9.97 Å².